The van der Waals surface area contributed by atoms with E-state index in [1.807, 2.05) is 20.8 Å². The van der Waals surface area contributed by atoms with Crippen molar-refractivity contribution in [3.05, 3.63) is 24.3 Å². The van der Waals surface area contributed by atoms with Crippen molar-refractivity contribution in [2.45, 2.75) is 26.4 Å². The van der Waals surface area contributed by atoms with Gasteiger partial charge in [0.15, 0.2) is 5.75 Å². The average Bonchev–Trinajstić information content (AvgIpc) is 2.13. The van der Waals surface area contributed by atoms with Crippen molar-refractivity contribution in [3.63, 3.8) is 0 Å². The SMILES string of the molecule is CC(C)(C)OCCOc1cccnc1F. The Morgan fingerprint density at radius 3 is 2.67 bits per heavy atom. The number of hydrogen-bond donors (Lipinski definition) is 0. The highest BCUT2D eigenvalue weighted by atomic mass is 19.1. The van der Waals surface area contributed by atoms with Gasteiger partial charge in [0.05, 0.1) is 12.2 Å². The maximum absolute atomic E-state index is 13.0. The molecule has 0 aromatic carbocycles. The molecule has 4 heteroatoms. The number of pyridine rings is 1. The number of nitrogens with zero attached hydrogens (tertiary/aromatic N) is 1. The number of rotatable bonds is 4. The summed E-state index contributed by atoms with van der Waals surface area (Å²) in [4.78, 5) is 3.47. The van der Waals surface area contributed by atoms with Gasteiger partial charge in [0.1, 0.15) is 6.61 Å². The molecule has 0 spiro atoms. The van der Waals surface area contributed by atoms with Crippen LogP contribution in [0.3, 0.4) is 0 Å². The van der Waals surface area contributed by atoms with E-state index in [-0.39, 0.29) is 11.4 Å². The molecule has 1 rings (SSSR count). The van der Waals surface area contributed by atoms with Crippen LogP contribution in [-0.4, -0.2) is 23.8 Å². The van der Waals surface area contributed by atoms with Crippen molar-refractivity contribution in [3.8, 4) is 5.75 Å². The van der Waals surface area contributed by atoms with Gasteiger partial charge < -0.3 is 9.47 Å². The van der Waals surface area contributed by atoms with Crippen molar-refractivity contribution < 1.29 is 13.9 Å². The molecule has 0 unspecified atom stereocenters. The Morgan fingerprint density at radius 2 is 2.07 bits per heavy atom. The largest absolute Gasteiger partial charge is 0.486 e. The van der Waals surface area contributed by atoms with E-state index in [2.05, 4.69) is 4.98 Å². The molecule has 0 radical (unpaired) electrons. The second-order valence-corrected chi connectivity index (χ2v) is 4.10. The molecule has 3 nitrogen and oxygen atoms in total. The van der Waals surface area contributed by atoms with Gasteiger partial charge in [-0.3, -0.25) is 0 Å². The quantitative estimate of drug-likeness (QED) is 0.568. The number of aromatic nitrogens is 1. The minimum absolute atomic E-state index is 0.162. The molecule has 0 bridgehead atoms. The molecule has 1 heterocycles. The van der Waals surface area contributed by atoms with Crippen molar-refractivity contribution in [1.82, 2.24) is 4.98 Å². The van der Waals surface area contributed by atoms with Crippen LogP contribution in [0.1, 0.15) is 20.8 Å². The van der Waals surface area contributed by atoms with Crippen molar-refractivity contribution in [2.24, 2.45) is 0 Å². The molecule has 84 valence electrons. The third-order valence-electron chi connectivity index (χ3n) is 1.60. The van der Waals surface area contributed by atoms with E-state index in [9.17, 15) is 4.39 Å². The van der Waals surface area contributed by atoms with Crippen LogP contribution >= 0.6 is 0 Å². The molecule has 0 saturated heterocycles. The first kappa shape index (κ1) is 11.9. The third-order valence-corrected chi connectivity index (χ3v) is 1.60. The predicted octanol–water partition coefficient (Wildman–Crippen LogP) is 2.41. The smallest absolute Gasteiger partial charge is 0.255 e. The molecule has 0 amide bonds. The summed E-state index contributed by atoms with van der Waals surface area (Å²) in [5.74, 6) is -0.428. The maximum atomic E-state index is 13.0. The Morgan fingerprint density at radius 1 is 1.33 bits per heavy atom. The van der Waals surface area contributed by atoms with Gasteiger partial charge in [0.25, 0.3) is 5.95 Å². The second kappa shape index (κ2) is 5.07. The van der Waals surface area contributed by atoms with E-state index in [0.717, 1.165) is 0 Å². The van der Waals surface area contributed by atoms with Gasteiger partial charge in [-0.1, -0.05) is 0 Å². The molecule has 1 aromatic rings. The molecule has 0 saturated carbocycles. The Bertz CT molecular complexity index is 310. The zero-order valence-electron chi connectivity index (χ0n) is 9.29. The van der Waals surface area contributed by atoms with Crippen LogP contribution < -0.4 is 4.74 Å². The topological polar surface area (TPSA) is 31.4 Å². The molecule has 1 aromatic heterocycles. The first-order valence-corrected chi connectivity index (χ1v) is 4.86. The molecule has 0 aliphatic rings. The van der Waals surface area contributed by atoms with Gasteiger partial charge in [-0.05, 0) is 32.9 Å². The van der Waals surface area contributed by atoms with E-state index in [1.54, 1.807) is 12.1 Å². The minimum atomic E-state index is -0.590. The standard InChI is InChI=1S/C11H16FNO2/c1-11(2,3)15-8-7-14-9-5-4-6-13-10(9)12/h4-6H,7-8H2,1-3H3. The fourth-order valence-corrected chi connectivity index (χ4v) is 0.978. The fraction of sp³-hybridized carbons (Fsp3) is 0.545. The van der Waals surface area contributed by atoms with Gasteiger partial charge in [-0.2, -0.15) is 4.39 Å². The zero-order chi connectivity index (χ0) is 11.3. The minimum Gasteiger partial charge on any atom is -0.486 e. The number of halogens is 1. The van der Waals surface area contributed by atoms with E-state index in [0.29, 0.717) is 13.2 Å². The van der Waals surface area contributed by atoms with Crippen molar-refractivity contribution in [1.29, 1.82) is 0 Å². The third kappa shape index (κ3) is 4.74. The summed E-state index contributed by atoms with van der Waals surface area (Å²) in [6, 6.07) is 3.17. The fourth-order valence-electron chi connectivity index (χ4n) is 0.978. The lowest BCUT2D eigenvalue weighted by Gasteiger charge is -2.19. The lowest BCUT2D eigenvalue weighted by Crippen LogP contribution is -2.22. The average molecular weight is 213 g/mol. The molecular weight excluding hydrogens is 197 g/mol. The maximum Gasteiger partial charge on any atom is 0.255 e. The Labute approximate surface area is 89.2 Å². The monoisotopic (exact) mass is 213 g/mol. The molecule has 0 atom stereocenters. The molecule has 0 aliphatic heterocycles. The lowest BCUT2D eigenvalue weighted by molar-refractivity contribution is -0.0167. The highest BCUT2D eigenvalue weighted by Crippen LogP contribution is 2.13. The normalized spacial score (nSPS) is 11.5. The Hall–Kier alpha value is -1.16. The van der Waals surface area contributed by atoms with E-state index >= 15 is 0 Å². The van der Waals surface area contributed by atoms with Crippen LogP contribution in [0, 0.1) is 5.95 Å². The molecule has 0 aliphatic carbocycles. The first-order chi connectivity index (χ1) is 6.99. The van der Waals surface area contributed by atoms with Crippen LogP contribution in [-0.2, 0) is 4.74 Å². The van der Waals surface area contributed by atoms with Gasteiger partial charge in [-0.25, -0.2) is 4.98 Å². The van der Waals surface area contributed by atoms with E-state index < -0.39 is 5.95 Å². The molecular formula is C11H16FNO2. The van der Waals surface area contributed by atoms with Crippen molar-refractivity contribution in [2.75, 3.05) is 13.2 Å². The van der Waals surface area contributed by atoms with Gasteiger partial charge >= 0.3 is 0 Å². The summed E-state index contributed by atoms with van der Waals surface area (Å²) in [5.41, 5.74) is -0.198. The van der Waals surface area contributed by atoms with Crippen LogP contribution in [0.15, 0.2) is 18.3 Å². The van der Waals surface area contributed by atoms with Crippen LogP contribution in [0.4, 0.5) is 4.39 Å². The summed E-state index contributed by atoms with van der Waals surface area (Å²) in [5, 5.41) is 0. The second-order valence-electron chi connectivity index (χ2n) is 4.10. The molecule has 15 heavy (non-hydrogen) atoms. The Kier molecular flexibility index (Phi) is 4.03. The first-order valence-electron chi connectivity index (χ1n) is 4.86. The summed E-state index contributed by atoms with van der Waals surface area (Å²) in [7, 11) is 0. The Balaban J connectivity index is 2.30. The summed E-state index contributed by atoms with van der Waals surface area (Å²) >= 11 is 0. The van der Waals surface area contributed by atoms with Crippen LogP contribution in [0.2, 0.25) is 0 Å². The number of ether oxygens (including phenoxy) is 2. The molecule has 0 N–H and O–H groups in total. The van der Waals surface area contributed by atoms with Crippen LogP contribution in [0.25, 0.3) is 0 Å². The molecule has 0 fully saturated rings. The zero-order valence-corrected chi connectivity index (χ0v) is 9.29. The predicted molar refractivity (Wildman–Crippen MR) is 55.4 cm³/mol. The number of hydrogen-bond acceptors (Lipinski definition) is 3. The summed E-state index contributed by atoms with van der Waals surface area (Å²) in [6.07, 6.45) is 1.38. The summed E-state index contributed by atoms with van der Waals surface area (Å²) in [6.45, 7) is 6.62. The lowest BCUT2D eigenvalue weighted by atomic mass is 10.2. The summed E-state index contributed by atoms with van der Waals surface area (Å²) < 4.78 is 23.6. The van der Waals surface area contributed by atoms with Crippen LogP contribution in [0.5, 0.6) is 5.75 Å². The highest BCUT2D eigenvalue weighted by Gasteiger charge is 2.09. The van der Waals surface area contributed by atoms with E-state index in [1.165, 1.54) is 6.20 Å². The van der Waals surface area contributed by atoms with Crippen molar-refractivity contribution >= 4 is 0 Å². The van der Waals surface area contributed by atoms with Gasteiger partial charge in [-0.15, -0.1) is 0 Å². The highest BCUT2D eigenvalue weighted by molar-refractivity contribution is 5.17. The van der Waals surface area contributed by atoms with Gasteiger partial charge in [0.2, 0.25) is 0 Å². The van der Waals surface area contributed by atoms with E-state index in [4.69, 9.17) is 9.47 Å². The van der Waals surface area contributed by atoms with Gasteiger partial charge in [0, 0.05) is 6.20 Å².